The van der Waals surface area contributed by atoms with Crippen LogP contribution in [0.5, 0.6) is 5.75 Å². The van der Waals surface area contributed by atoms with E-state index in [0.717, 1.165) is 44.0 Å². The first-order chi connectivity index (χ1) is 14.7. The van der Waals surface area contributed by atoms with E-state index in [1.165, 1.54) is 0 Å². The van der Waals surface area contributed by atoms with Gasteiger partial charge >= 0.3 is 0 Å². The number of hydrogen-bond acceptors (Lipinski definition) is 4. The average Bonchev–Trinajstić information content (AvgIpc) is 3.34. The lowest BCUT2D eigenvalue weighted by molar-refractivity contribution is 0.415. The number of thiophene rings is 1. The smallest absolute Gasteiger partial charge is 0.256 e. The maximum absolute atomic E-state index is 12.9. The predicted molar refractivity (Wildman–Crippen MR) is 123 cm³/mol. The standard InChI is InChI=1S/C25H18N2O2S/c1-29-19-9-10-21-18(12-19)13-20(25(28)27-21)17-14-22(16-6-3-2-4-7-16)26-23(15-17)24-8-5-11-30-24/h2-15H,1H3,(H,27,28). The van der Waals surface area contributed by atoms with Crippen molar-refractivity contribution in [1.29, 1.82) is 0 Å². The Morgan fingerprint density at radius 1 is 0.867 bits per heavy atom. The number of nitrogens with one attached hydrogen (secondary N) is 1. The Morgan fingerprint density at radius 2 is 1.70 bits per heavy atom. The van der Waals surface area contributed by atoms with Crippen LogP contribution in [0.2, 0.25) is 0 Å². The Balaban J connectivity index is 1.75. The van der Waals surface area contributed by atoms with Crippen LogP contribution in [0.25, 0.3) is 43.9 Å². The van der Waals surface area contributed by atoms with E-state index < -0.39 is 0 Å². The molecule has 0 saturated carbocycles. The highest BCUT2D eigenvalue weighted by atomic mass is 32.1. The summed E-state index contributed by atoms with van der Waals surface area (Å²) in [7, 11) is 1.63. The molecule has 4 nitrogen and oxygen atoms in total. The van der Waals surface area contributed by atoms with Gasteiger partial charge in [-0.2, -0.15) is 0 Å². The van der Waals surface area contributed by atoms with Crippen LogP contribution in [-0.4, -0.2) is 17.1 Å². The number of H-pyrrole nitrogens is 1. The zero-order valence-electron chi connectivity index (χ0n) is 16.3. The Kier molecular flexibility index (Phi) is 4.65. The van der Waals surface area contributed by atoms with Crippen LogP contribution < -0.4 is 10.3 Å². The van der Waals surface area contributed by atoms with Gasteiger partial charge in [-0.05, 0) is 53.4 Å². The van der Waals surface area contributed by atoms with Crippen LogP contribution in [0.3, 0.4) is 0 Å². The molecule has 1 N–H and O–H groups in total. The van der Waals surface area contributed by atoms with Gasteiger partial charge in [-0.25, -0.2) is 4.98 Å². The minimum atomic E-state index is -0.130. The van der Waals surface area contributed by atoms with Gasteiger partial charge in [0.1, 0.15) is 5.75 Å². The van der Waals surface area contributed by atoms with Gasteiger partial charge < -0.3 is 9.72 Å². The summed E-state index contributed by atoms with van der Waals surface area (Å²) in [6.45, 7) is 0. The predicted octanol–water partition coefficient (Wildman–Crippen LogP) is 5.99. The molecule has 0 saturated heterocycles. The van der Waals surface area contributed by atoms with Crippen molar-refractivity contribution < 1.29 is 4.74 Å². The maximum atomic E-state index is 12.9. The Morgan fingerprint density at radius 3 is 2.47 bits per heavy atom. The fourth-order valence-electron chi connectivity index (χ4n) is 3.52. The molecule has 5 aromatic rings. The molecule has 0 aliphatic carbocycles. The SMILES string of the molecule is COc1ccc2[nH]c(=O)c(-c3cc(-c4ccccc4)nc(-c4cccs4)c3)cc2c1. The number of nitrogens with zero attached hydrogens (tertiary/aromatic N) is 1. The monoisotopic (exact) mass is 410 g/mol. The molecule has 0 spiro atoms. The van der Waals surface area contributed by atoms with E-state index in [4.69, 9.17) is 9.72 Å². The van der Waals surface area contributed by atoms with Crippen LogP contribution in [0.1, 0.15) is 0 Å². The van der Waals surface area contributed by atoms with E-state index in [9.17, 15) is 4.79 Å². The van der Waals surface area contributed by atoms with Crippen molar-refractivity contribution in [2.75, 3.05) is 7.11 Å². The molecular weight excluding hydrogens is 392 g/mol. The fraction of sp³-hybridized carbons (Fsp3) is 0.0400. The molecule has 0 aliphatic rings. The van der Waals surface area contributed by atoms with Crippen LogP contribution in [0, 0.1) is 0 Å². The van der Waals surface area contributed by atoms with E-state index >= 15 is 0 Å². The summed E-state index contributed by atoms with van der Waals surface area (Å²) >= 11 is 1.63. The molecule has 3 aromatic heterocycles. The second kappa shape index (κ2) is 7.61. The molecule has 0 radical (unpaired) electrons. The Bertz CT molecular complexity index is 1390. The van der Waals surface area contributed by atoms with Crippen LogP contribution in [0.4, 0.5) is 0 Å². The molecule has 3 heterocycles. The first-order valence-corrected chi connectivity index (χ1v) is 10.4. The van der Waals surface area contributed by atoms with Gasteiger partial charge in [-0.3, -0.25) is 4.79 Å². The summed E-state index contributed by atoms with van der Waals surface area (Å²) < 4.78 is 5.34. The first-order valence-electron chi connectivity index (χ1n) is 9.54. The minimum Gasteiger partial charge on any atom is -0.497 e. The molecule has 30 heavy (non-hydrogen) atoms. The number of methoxy groups -OCH3 is 1. The van der Waals surface area contributed by atoms with Crippen molar-refractivity contribution in [3.8, 4) is 38.7 Å². The molecular formula is C25H18N2O2S. The summed E-state index contributed by atoms with van der Waals surface area (Å²) in [4.78, 5) is 21.9. The topological polar surface area (TPSA) is 55.0 Å². The average molecular weight is 410 g/mol. The molecule has 146 valence electrons. The second-order valence-electron chi connectivity index (χ2n) is 6.93. The third-order valence-corrected chi connectivity index (χ3v) is 5.92. The summed E-state index contributed by atoms with van der Waals surface area (Å²) in [6, 6.07) is 25.6. The van der Waals surface area contributed by atoms with Gasteiger partial charge in [0.15, 0.2) is 0 Å². The molecule has 0 aliphatic heterocycles. The number of rotatable bonds is 4. The van der Waals surface area contributed by atoms with Gasteiger partial charge in [-0.1, -0.05) is 36.4 Å². The highest BCUT2D eigenvalue weighted by Gasteiger charge is 2.13. The molecule has 0 atom stereocenters. The van der Waals surface area contributed by atoms with E-state index in [-0.39, 0.29) is 5.56 Å². The van der Waals surface area contributed by atoms with Crippen molar-refractivity contribution in [2.45, 2.75) is 0 Å². The summed E-state index contributed by atoms with van der Waals surface area (Å²) in [5.41, 5.74) is 4.78. The quantitative estimate of drug-likeness (QED) is 0.396. The molecule has 5 rings (SSSR count). The summed E-state index contributed by atoms with van der Waals surface area (Å²) in [5.74, 6) is 0.750. The third kappa shape index (κ3) is 3.40. The van der Waals surface area contributed by atoms with Crippen molar-refractivity contribution >= 4 is 22.2 Å². The third-order valence-electron chi connectivity index (χ3n) is 5.03. The fourth-order valence-corrected chi connectivity index (χ4v) is 4.21. The van der Waals surface area contributed by atoms with Crippen molar-refractivity contribution in [3.63, 3.8) is 0 Å². The number of ether oxygens (including phenoxy) is 1. The van der Waals surface area contributed by atoms with E-state index in [0.29, 0.717) is 5.56 Å². The van der Waals surface area contributed by atoms with Crippen LogP contribution >= 0.6 is 11.3 Å². The van der Waals surface area contributed by atoms with Crippen molar-refractivity contribution in [2.24, 2.45) is 0 Å². The second-order valence-corrected chi connectivity index (χ2v) is 7.88. The molecule has 5 heteroatoms. The molecule has 0 amide bonds. The van der Waals surface area contributed by atoms with Gasteiger partial charge in [0.25, 0.3) is 5.56 Å². The first kappa shape index (κ1) is 18.3. The largest absolute Gasteiger partial charge is 0.497 e. The van der Waals surface area contributed by atoms with Gasteiger partial charge in [0.05, 0.1) is 23.4 Å². The zero-order valence-corrected chi connectivity index (χ0v) is 17.1. The molecule has 0 fully saturated rings. The number of aromatic nitrogens is 2. The lowest BCUT2D eigenvalue weighted by Gasteiger charge is -2.10. The molecule has 0 unspecified atom stereocenters. The lowest BCUT2D eigenvalue weighted by Crippen LogP contribution is -2.09. The lowest BCUT2D eigenvalue weighted by atomic mass is 10.0. The van der Waals surface area contributed by atoms with E-state index in [1.54, 1.807) is 18.4 Å². The number of fused-ring (bicyclic) bond motifs is 1. The molecule has 2 aromatic carbocycles. The number of benzene rings is 2. The van der Waals surface area contributed by atoms with E-state index in [2.05, 4.69) is 4.98 Å². The minimum absolute atomic E-state index is 0.130. The normalized spacial score (nSPS) is 11.0. The Hall–Kier alpha value is -3.70. The van der Waals surface area contributed by atoms with Crippen LogP contribution in [-0.2, 0) is 0 Å². The molecule has 0 bridgehead atoms. The summed E-state index contributed by atoms with van der Waals surface area (Å²) in [6.07, 6.45) is 0. The van der Waals surface area contributed by atoms with Gasteiger partial charge in [-0.15, -0.1) is 11.3 Å². The van der Waals surface area contributed by atoms with Crippen molar-refractivity contribution in [1.82, 2.24) is 9.97 Å². The number of hydrogen-bond donors (Lipinski definition) is 1. The van der Waals surface area contributed by atoms with Gasteiger partial charge in [0, 0.05) is 22.0 Å². The van der Waals surface area contributed by atoms with Gasteiger partial charge in [0.2, 0.25) is 0 Å². The highest BCUT2D eigenvalue weighted by molar-refractivity contribution is 7.13. The van der Waals surface area contributed by atoms with Crippen LogP contribution in [0.15, 0.2) is 89.0 Å². The zero-order chi connectivity index (χ0) is 20.5. The number of aromatic amines is 1. The van der Waals surface area contributed by atoms with E-state index in [1.807, 2.05) is 84.2 Å². The maximum Gasteiger partial charge on any atom is 0.256 e. The highest BCUT2D eigenvalue weighted by Crippen LogP contribution is 2.32. The Labute approximate surface area is 177 Å². The summed E-state index contributed by atoms with van der Waals surface area (Å²) in [5, 5.41) is 2.95. The van der Waals surface area contributed by atoms with Crippen molar-refractivity contribution in [3.05, 3.63) is 94.6 Å². The number of pyridine rings is 2.